The fraction of sp³-hybridized carbons (Fsp3) is 0.750. The van der Waals surface area contributed by atoms with Crippen LogP contribution in [0.5, 0.6) is 0 Å². The molecule has 0 aromatic rings. The van der Waals surface area contributed by atoms with Crippen molar-refractivity contribution in [2.24, 2.45) is 23.7 Å². The van der Waals surface area contributed by atoms with E-state index in [1.54, 1.807) is 6.92 Å². The molecule has 0 aliphatic heterocycles. The Morgan fingerprint density at radius 2 is 2.00 bits per heavy atom. The van der Waals surface area contributed by atoms with E-state index < -0.39 is 17.7 Å². The number of allylic oxidation sites excluding steroid dienone is 2. The maximum absolute atomic E-state index is 12.3. The van der Waals surface area contributed by atoms with Gasteiger partial charge in [-0.2, -0.15) is 0 Å². The highest BCUT2D eigenvalue weighted by Crippen LogP contribution is 2.44. The van der Waals surface area contributed by atoms with Gasteiger partial charge in [-0.1, -0.05) is 51.0 Å². The highest BCUT2D eigenvalue weighted by Gasteiger charge is 2.43. The van der Waals surface area contributed by atoms with E-state index in [2.05, 4.69) is 6.92 Å². The zero-order valence-corrected chi connectivity index (χ0v) is 17.9. The predicted molar refractivity (Wildman–Crippen MR) is 113 cm³/mol. The number of hydrogen-bond donors (Lipinski definition) is 3. The molecule has 2 saturated carbocycles. The molecular formula is C24H38O5. The Bertz CT molecular complexity index is 606. The molecule has 2 fully saturated rings. The number of hydrogen-bond acceptors (Lipinski definition) is 4. The number of carboxylic acids is 1. The van der Waals surface area contributed by atoms with Gasteiger partial charge in [0.15, 0.2) is 0 Å². The number of unbranched alkanes of at least 4 members (excludes halogenated alkanes) is 1. The molecule has 0 amide bonds. The molecule has 3 N–H and O–H groups in total. The molecule has 0 aromatic heterocycles. The Labute approximate surface area is 174 Å². The normalized spacial score (nSPS) is 28.3. The third-order valence-electron chi connectivity index (χ3n) is 6.61. The molecule has 5 heteroatoms. The number of rotatable bonds is 13. The molecule has 164 valence electrons. The lowest BCUT2D eigenvalue weighted by Gasteiger charge is -2.27. The molecule has 2 aliphatic carbocycles. The summed E-state index contributed by atoms with van der Waals surface area (Å²) in [6, 6.07) is 0. The fourth-order valence-electron chi connectivity index (χ4n) is 4.36. The zero-order valence-electron chi connectivity index (χ0n) is 17.9. The van der Waals surface area contributed by atoms with Crippen LogP contribution in [0.2, 0.25) is 0 Å². The first kappa shape index (κ1) is 23.8. The van der Waals surface area contributed by atoms with Gasteiger partial charge in [0.1, 0.15) is 5.78 Å². The Balaban J connectivity index is 1.89. The summed E-state index contributed by atoms with van der Waals surface area (Å²) in [6.07, 6.45) is 14.8. The van der Waals surface area contributed by atoms with E-state index in [1.807, 2.05) is 24.3 Å². The first-order valence-corrected chi connectivity index (χ1v) is 11.3. The number of Topliss-reactive ketones (excluding diaryl/α,β-unsaturated/α-hetero) is 1. The number of carbonyl (C=O) groups is 2. The molecular weight excluding hydrogens is 368 g/mol. The number of aliphatic carboxylic acids is 1. The van der Waals surface area contributed by atoms with Crippen molar-refractivity contribution in [1.29, 1.82) is 0 Å². The van der Waals surface area contributed by atoms with E-state index in [0.29, 0.717) is 31.6 Å². The second-order valence-electron chi connectivity index (χ2n) is 9.06. The maximum Gasteiger partial charge on any atom is 0.306 e. The van der Waals surface area contributed by atoms with E-state index in [4.69, 9.17) is 5.11 Å². The van der Waals surface area contributed by atoms with Crippen molar-refractivity contribution in [3.05, 3.63) is 24.3 Å². The van der Waals surface area contributed by atoms with Gasteiger partial charge in [0.25, 0.3) is 0 Å². The van der Waals surface area contributed by atoms with Gasteiger partial charge < -0.3 is 15.3 Å². The monoisotopic (exact) mass is 406 g/mol. The maximum atomic E-state index is 12.3. The molecule has 0 saturated heterocycles. The van der Waals surface area contributed by atoms with E-state index in [1.165, 1.54) is 0 Å². The van der Waals surface area contributed by atoms with Gasteiger partial charge in [0.05, 0.1) is 17.6 Å². The number of carbonyl (C=O) groups excluding carboxylic acids is 1. The smallest absolute Gasteiger partial charge is 0.306 e. The van der Waals surface area contributed by atoms with Gasteiger partial charge >= 0.3 is 5.97 Å². The van der Waals surface area contributed by atoms with Crippen LogP contribution in [-0.2, 0) is 9.59 Å². The molecule has 29 heavy (non-hydrogen) atoms. The Morgan fingerprint density at radius 1 is 1.28 bits per heavy atom. The minimum absolute atomic E-state index is 0.0825. The van der Waals surface area contributed by atoms with Crippen LogP contribution in [0.1, 0.15) is 78.1 Å². The van der Waals surface area contributed by atoms with Crippen molar-refractivity contribution in [2.45, 2.75) is 89.8 Å². The molecule has 2 unspecified atom stereocenters. The highest BCUT2D eigenvalue weighted by molar-refractivity contribution is 5.84. The van der Waals surface area contributed by atoms with Crippen molar-refractivity contribution < 1.29 is 24.9 Å². The zero-order chi connectivity index (χ0) is 21.4. The van der Waals surface area contributed by atoms with Crippen LogP contribution in [-0.4, -0.2) is 38.8 Å². The highest BCUT2D eigenvalue weighted by atomic mass is 16.4. The first-order chi connectivity index (χ1) is 13.8. The predicted octanol–water partition coefficient (Wildman–Crippen LogP) is 4.28. The molecule has 0 bridgehead atoms. The van der Waals surface area contributed by atoms with Crippen LogP contribution in [0.25, 0.3) is 0 Å². The number of aliphatic hydroxyl groups excluding tert-OH is 1. The minimum atomic E-state index is -0.789. The standard InChI is InChI=1S/C24H38O5/c1-3-4-14-24(29,18-12-13-18)15-8-11-20-19(21(25)16-22(20)26)10-7-5-6-9-17(2)23(27)28/h5,7-8,11,17-20,22,26,29H,3-4,6,9-10,12-16H2,1-2H3,(H,27,28)/b7-5-,11-8+/t17?,19-,20-,22-,24?/m1/s1. The Morgan fingerprint density at radius 3 is 2.62 bits per heavy atom. The molecule has 0 spiro atoms. The van der Waals surface area contributed by atoms with Crippen molar-refractivity contribution in [3.63, 3.8) is 0 Å². The van der Waals surface area contributed by atoms with Crippen molar-refractivity contribution in [2.75, 3.05) is 0 Å². The average molecular weight is 407 g/mol. The molecule has 0 radical (unpaired) electrons. The lowest BCUT2D eigenvalue weighted by Crippen LogP contribution is -2.30. The lowest BCUT2D eigenvalue weighted by atomic mass is 9.86. The summed E-state index contributed by atoms with van der Waals surface area (Å²) in [7, 11) is 0. The summed E-state index contributed by atoms with van der Waals surface area (Å²) in [5, 5.41) is 30.2. The average Bonchev–Trinajstić information content (AvgIpc) is 3.49. The SMILES string of the molecule is CCCCC(O)(C/C=C/[C@H]1[C@H](O)CC(=O)[C@@H]1C/C=C\CCC(C)C(=O)O)C1CC1. The summed E-state index contributed by atoms with van der Waals surface area (Å²) in [5.74, 6) is -1.13. The van der Waals surface area contributed by atoms with Crippen LogP contribution in [0.3, 0.4) is 0 Å². The second kappa shape index (κ2) is 11.1. The van der Waals surface area contributed by atoms with Crippen molar-refractivity contribution >= 4 is 11.8 Å². The van der Waals surface area contributed by atoms with Gasteiger partial charge in [-0.05, 0) is 50.9 Å². The van der Waals surface area contributed by atoms with E-state index in [-0.39, 0.29) is 30.0 Å². The quantitative estimate of drug-likeness (QED) is 0.397. The van der Waals surface area contributed by atoms with Gasteiger partial charge in [0.2, 0.25) is 0 Å². The number of aliphatic hydroxyl groups is 2. The minimum Gasteiger partial charge on any atom is -0.481 e. The van der Waals surface area contributed by atoms with Crippen LogP contribution in [0.15, 0.2) is 24.3 Å². The van der Waals surface area contributed by atoms with Gasteiger partial charge in [-0.3, -0.25) is 9.59 Å². The third kappa shape index (κ3) is 7.07. The van der Waals surface area contributed by atoms with E-state index >= 15 is 0 Å². The summed E-state index contributed by atoms with van der Waals surface area (Å²) in [4.78, 5) is 23.2. The molecule has 2 aliphatic rings. The van der Waals surface area contributed by atoms with Gasteiger partial charge in [-0.15, -0.1) is 0 Å². The van der Waals surface area contributed by atoms with E-state index in [0.717, 1.165) is 32.1 Å². The van der Waals surface area contributed by atoms with Crippen molar-refractivity contribution in [3.8, 4) is 0 Å². The van der Waals surface area contributed by atoms with Gasteiger partial charge in [-0.25, -0.2) is 0 Å². The van der Waals surface area contributed by atoms with Crippen molar-refractivity contribution in [1.82, 2.24) is 0 Å². The largest absolute Gasteiger partial charge is 0.481 e. The van der Waals surface area contributed by atoms with Gasteiger partial charge in [0, 0.05) is 18.3 Å². The topological polar surface area (TPSA) is 94.8 Å². The molecule has 5 atom stereocenters. The van der Waals surface area contributed by atoms with E-state index in [9.17, 15) is 19.8 Å². The number of ketones is 1. The van der Waals surface area contributed by atoms with Crippen LogP contribution in [0, 0.1) is 23.7 Å². The molecule has 0 aromatic carbocycles. The second-order valence-corrected chi connectivity index (χ2v) is 9.06. The Hall–Kier alpha value is -1.46. The summed E-state index contributed by atoms with van der Waals surface area (Å²) >= 11 is 0. The molecule has 0 heterocycles. The van der Waals surface area contributed by atoms with Crippen LogP contribution >= 0.6 is 0 Å². The van der Waals surface area contributed by atoms with Crippen LogP contribution < -0.4 is 0 Å². The first-order valence-electron chi connectivity index (χ1n) is 11.3. The van der Waals surface area contributed by atoms with Crippen LogP contribution in [0.4, 0.5) is 0 Å². The number of carboxylic acid groups (broad SMARTS) is 1. The Kier molecular flexibility index (Phi) is 9.09. The fourth-order valence-corrected chi connectivity index (χ4v) is 4.36. The third-order valence-corrected chi connectivity index (χ3v) is 6.61. The summed E-state index contributed by atoms with van der Waals surface area (Å²) < 4.78 is 0. The summed E-state index contributed by atoms with van der Waals surface area (Å²) in [6.45, 7) is 3.82. The lowest BCUT2D eigenvalue weighted by molar-refractivity contribution is -0.141. The molecule has 2 rings (SSSR count). The summed E-state index contributed by atoms with van der Waals surface area (Å²) in [5.41, 5.74) is -0.643. The molecule has 5 nitrogen and oxygen atoms in total.